The number of rotatable bonds is 5. The fraction of sp³-hybridized carbons (Fsp3) is 0.308. The van der Waals surface area contributed by atoms with E-state index < -0.39 is 0 Å². The van der Waals surface area contributed by atoms with Gasteiger partial charge in [-0.3, -0.25) is 4.98 Å². The van der Waals surface area contributed by atoms with Crippen LogP contribution in [0.4, 0.5) is 0 Å². The number of nitrogens with one attached hydrogen (secondary N) is 1. The molecule has 0 bridgehead atoms. The van der Waals surface area contributed by atoms with Gasteiger partial charge in [0.05, 0.1) is 12.3 Å². The molecule has 1 N–H and O–H groups in total. The molecular formula is C13H16N2O. The lowest BCUT2D eigenvalue weighted by Gasteiger charge is -2.10. The zero-order valence-corrected chi connectivity index (χ0v) is 9.39. The van der Waals surface area contributed by atoms with Crippen molar-refractivity contribution in [1.82, 2.24) is 10.3 Å². The molecule has 0 saturated carbocycles. The molecule has 16 heavy (non-hydrogen) atoms. The molecule has 0 aliphatic heterocycles. The van der Waals surface area contributed by atoms with E-state index in [-0.39, 0.29) is 6.04 Å². The third-order valence-electron chi connectivity index (χ3n) is 2.56. The quantitative estimate of drug-likeness (QED) is 0.834. The molecule has 2 aromatic rings. The Morgan fingerprint density at radius 1 is 1.38 bits per heavy atom. The average Bonchev–Trinajstić information content (AvgIpc) is 2.84. The van der Waals surface area contributed by atoms with E-state index in [4.69, 9.17) is 4.42 Å². The van der Waals surface area contributed by atoms with E-state index in [1.165, 1.54) is 5.56 Å². The molecule has 0 fully saturated rings. The van der Waals surface area contributed by atoms with E-state index >= 15 is 0 Å². The summed E-state index contributed by atoms with van der Waals surface area (Å²) in [6.45, 7) is 3.02. The van der Waals surface area contributed by atoms with Crippen molar-refractivity contribution in [2.24, 2.45) is 0 Å². The predicted molar refractivity (Wildman–Crippen MR) is 63.1 cm³/mol. The van der Waals surface area contributed by atoms with Crippen LogP contribution in [-0.2, 0) is 6.42 Å². The summed E-state index contributed by atoms with van der Waals surface area (Å²) < 4.78 is 5.32. The van der Waals surface area contributed by atoms with Crippen molar-refractivity contribution in [2.75, 3.05) is 6.54 Å². The van der Waals surface area contributed by atoms with Crippen molar-refractivity contribution in [1.29, 1.82) is 0 Å². The third kappa shape index (κ3) is 2.94. The van der Waals surface area contributed by atoms with Gasteiger partial charge in [0.2, 0.25) is 0 Å². The fourth-order valence-electron chi connectivity index (χ4n) is 1.62. The minimum atomic E-state index is 0.256. The highest BCUT2D eigenvalue weighted by molar-refractivity contribution is 5.09. The van der Waals surface area contributed by atoms with Crippen molar-refractivity contribution in [3.8, 4) is 0 Å². The highest BCUT2D eigenvalue weighted by atomic mass is 16.3. The van der Waals surface area contributed by atoms with E-state index in [1.54, 1.807) is 12.5 Å². The normalized spacial score (nSPS) is 12.6. The molecule has 0 unspecified atom stereocenters. The number of pyridine rings is 1. The molecule has 3 nitrogen and oxygen atoms in total. The first-order chi connectivity index (χ1) is 7.86. The lowest BCUT2D eigenvalue weighted by Crippen LogP contribution is -2.20. The van der Waals surface area contributed by atoms with Crippen molar-refractivity contribution < 1.29 is 4.42 Å². The van der Waals surface area contributed by atoms with Crippen molar-refractivity contribution in [3.05, 3.63) is 54.2 Å². The molecule has 84 valence electrons. The summed E-state index contributed by atoms with van der Waals surface area (Å²) in [4.78, 5) is 4.09. The minimum Gasteiger partial charge on any atom is -0.468 e. The highest BCUT2D eigenvalue weighted by Gasteiger charge is 2.06. The van der Waals surface area contributed by atoms with Gasteiger partial charge in [-0.2, -0.15) is 0 Å². The number of hydrogen-bond acceptors (Lipinski definition) is 3. The molecule has 0 aliphatic rings. The zero-order valence-electron chi connectivity index (χ0n) is 9.39. The van der Waals surface area contributed by atoms with Gasteiger partial charge in [-0.05, 0) is 43.7 Å². The van der Waals surface area contributed by atoms with Gasteiger partial charge in [0, 0.05) is 12.4 Å². The maximum absolute atomic E-state index is 5.32. The van der Waals surface area contributed by atoms with Gasteiger partial charge in [-0.15, -0.1) is 0 Å². The largest absolute Gasteiger partial charge is 0.468 e. The maximum Gasteiger partial charge on any atom is 0.120 e. The summed E-state index contributed by atoms with van der Waals surface area (Å²) in [6.07, 6.45) is 6.38. The van der Waals surface area contributed by atoms with Crippen LogP contribution in [0.3, 0.4) is 0 Å². The second-order valence-corrected chi connectivity index (χ2v) is 3.80. The maximum atomic E-state index is 5.32. The molecule has 0 aromatic carbocycles. The molecule has 0 saturated heterocycles. The van der Waals surface area contributed by atoms with Gasteiger partial charge in [-0.25, -0.2) is 0 Å². The Hall–Kier alpha value is -1.61. The van der Waals surface area contributed by atoms with Gasteiger partial charge in [0.1, 0.15) is 5.76 Å². The van der Waals surface area contributed by atoms with E-state index in [0.717, 1.165) is 18.7 Å². The second kappa shape index (κ2) is 5.47. The first-order valence-electron chi connectivity index (χ1n) is 5.52. The van der Waals surface area contributed by atoms with Gasteiger partial charge in [0.25, 0.3) is 0 Å². The van der Waals surface area contributed by atoms with Crippen LogP contribution in [0, 0.1) is 0 Å². The Balaban J connectivity index is 1.76. The summed E-state index contributed by atoms with van der Waals surface area (Å²) in [5.41, 5.74) is 1.25. The lowest BCUT2D eigenvalue weighted by molar-refractivity contribution is 0.432. The zero-order chi connectivity index (χ0) is 11.2. The standard InChI is InChI=1S/C13H16N2O/c1-11(13-5-3-9-16-13)15-8-6-12-4-2-7-14-10-12/h2-5,7,9-11,15H,6,8H2,1H3/t11-/m0/s1. The summed E-state index contributed by atoms with van der Waals surface area (Å²) in [7, 11) is 0. The van der Waals surface area contributed by atoms with Crippen molar-refractivity contribution >= 4 is 0 Å². The van der Waals surface area contributed by atoms with Crippen LogP contribution in [0.25, 0.3) is 0 Å². The smallest absolute Gasteiger partial charge is 0.120 e. The second-order valence-electron chi connectivity index (χ2n) is 3.80. The summed E-state index contributed by atoms with van der Waals surface area (Å²) in [5, 5.41) is 3.41. The summed E-state index contributed by atoms with van der Waals surface area (Å²) in [5.74, 6) is 0.978. The first kappa shape index (κ1) is 10.9. The minimum absolute atomic E-state index is 0.256. The van der Waals surface area contributed by atoms with Crippen LogP contribution < -0.4 is 5.32 Å². The Bertz CT molecular complexity index is 397. The van der Waals surface area contributed by atoms with E-state index in [2.05, 4.69) is 23.3 Å². The van der Waals surface area contributed by atoms with Gasteiger partial charge < -0.3 is 9.73 Å². The van der Waals surface area contributed by atoms with Crippen LogP contribution in [-0.4, -0.2) is 11.5 Å². The number of aromatic nitrogens is 1. The van der Waals surface area contributed by atoms with Crippen molar-refractivity contribution in [3.63, 3.8) is 0 Å². The van der Waals surface area contributed by atoms with Crippen molar-refractivity contribution in [2.45, 2.75) is 19.4 Å². The van der Waals surface area contributed by atoms with Crippen LogP contribution in [0.5, 0.6) is 0 Å². The fourth-order valence-corrected chi connectivity index (χ4v) is 1.62. The Labute approximate surface area is 95.5 Å². The molecule has 0 radical (unpaired) electrons. The predicted octanol–water partition coefficient (Wildman–Crippen LogP) is 2.57. The van der Waals surface area contributed by atoms with E-state index in [9.17, 15) is 0 Å². The van der Waals surface area contributed by atoms with Crippen LogP contribution >= 0.6 is 0 Å². The van der Waals surface area contributed by atoms with Gasteiger partial charge in [-0.1, -0.05) is 6.07 Å². The molecule has 0 aliphatic carbocycles. The molecule has 2 heterocycles. The van der Waals surface area contributed by atoms with Gasteiger partial charge >= 0.3 is 0 Å². The number of furan rings is 1. The average molecular weight is 216 g/mol. The Morgan fingerprint density at radius 2 is 2.31 bits per heavy atom. The van der Waals surface area contributed by atoms with E-state index in [0.29, 0.717) is 0 Å². The highest BCUT2D eigenvalue weighted by Crippen LogP contribution is 2.11. The molecule has 1 atom stereocenters. The van der Waals surface area contributed by atoms with Crippen LogP contribution in [0.2, 0.25) is 0 Å². The molecule has 0 amide bonds. The molecular weight excluding hydrogens is 200 g/mol. The lowest BCUT2D eigenvalue weighted by atomic mass is 10.2. The monoisotopic (exact) mass is 216 g/mol. The van der Waals surface area contributed by atoms with E-state index in [1.807, 2.05) is 24.4 Å². The molecule has 2 aromatic heterocycles. The molecule has 0 spiro atoms. The van der Waals surface area contributed by atoms with Crippen LogP contribution in [0.1, 0.15) is 24.3 Å². The Kier molecular flexibility index (Phi) is 3.72. The van der Waals surface area contributed by atoms with Crippen LogP contribution in [0.15, 0.2) is 47.3 Å². The summed E-state index contributed by atoms with van der Waals surface area (Å²) >= 11 is 0. The Morgan fingerprint density at radius 3 is 3.00 bits per heavy atom. The first-order valence-corrected chi connectivity index (χ1v) is 5.52. The van der Waals surface area contributed by atoms with Gasteiger partial charge in [0.15, 0.2) is 0 Å². The SMILES string of the molecule is C[C@H](NCCc1cccnc1)c1ccco1. The third-order valence-corrected chi connectivity index (χ3v) is 2.56. The topological polar surface area (TPSA) is 38.1 Å². The molecule has 3 heteroatoms. The summed E-state index contributed by atoms with van der Waals surface area (Å²) in [6, 6.07) is 8.21. The number of nitrogens with zero attached hydrogens (tertiary/aromatic N) is 1. The molecule has 2 rings (SSSR count). The number of hydrogen-bond donors (Lipinski definition) is 1.